The van der Waals surface area contributed by atoms with Crippen LogP contribution in [0.25, 0.3) is 33.2 Å². The molecule has 3 rings (SSSR count). The Hall–Kier alpha value is -3.04. The van der Waals surface area contributed by atoms with Crippen LogP contribution in [-0.4, -0.2) is 4.98 Å². The summed E-state index contributed by atoms with van der Waals surface area (Å²) >= 11 is 0. The maximum absolute atomic E-state index is 8.36. The second-order valence-electron chi connectivity index (χ2n) is 4.13. The fourth-order valence-corrected chi connectivity index (χ4v) is 1.87. The molecule has 0 N–H and O–H groups in total. The summed E-state index contributed by atoms with van der Waals surface area (Å²) in [6.45, 7) is 0. The predicted octanol–water partition coefficient (Wildman–Crippen LogP) is 4.95. The van der Waals surface area contributed by atoms with E-state index in [2.05, 4.69) is 15.0 Å². The third kappa shape index (κ3) is 2.39. The van der Waals surface area contributed by atoms with Crippen LogP contribution >= 0.6 is 0 Å². The SMILES string of the molecule is [N-]=[N+]=Nc1ccc(-c2ncc(-c3ccccc3)o2)cc1. The van der Waals surface area contributed by atoms with Crippen LogP contribution in [0.1, 0.15) is 0 Å². The van der Waals surface area contributed by atoms with E-state index in [0.717, 1.165) is 16.9 Å². The molecule has 0 radical (unpaired) electrons. The topological polar surface area (TPSA) is 74.8 Å². The van der Waals surface area contributed by atoms with Gasteiger partial charge in [0.2, 0.25) is 5.89 Å². The van der Waals surface area contributed by atoms with Crippen molar-refractivity contribution in [2.75, 3.05) is 0 Å². The Bertz CT molecular complexity index is 756. The van der Waals surface area contributed by atoms with Crippen LogP contribution in [0.5, 0.6) is 0 Å². The zero-order valence-corrected chi connectivity index (χ0v) is 10.5. The molecule has 0 spiro atoms. The molecule has 5 nitrogen and oxygen atoms in total. The lowest BCUT2D eigenvalue weighted by Gasteiger charge is -1.97. The van der Waals surface area contributed by atoms with Crippen molar-refractivity contribution in [3.63, 3.8) is 0 Å². The molecule has 0 fully saturated rings. The highest BCUT2D eigenvalue weighted by molar-refractivity contribution is 5.62. The number of nitrogens with zero attached hydrogens (tertiary/aromatic N) is 4. The van der Waals surface area contributed by atoms with E-state index < -0.39 is 0 Å². The van der Waals surface area contributed by atoms with Gasteiger partial charge in [-0.3, -0.25) is 0 Å². The summed E-state index contributed by atoms with van der Waals surface area (Å²) in [4.78, 5) is 7.01. The van der Waals surface area contributed by atoms with Gasteiger partial charge in [-0.15, -0.1) is 0 Å². The van der Waals surface area contributed by atoms with Crippen LogP contribution in [0, 0.1) is 0 Å². The molecule has 5 heteroatoms. The van der Waals surface area contributed by atoms with Crippen LogP contribution in [0.2, 0.25) is 0 Å². The highest BCUT2D eigenvalue weighted by Gasteiger charge is 2.07. The highest BCUT2D eigenvalue weighted by Crippen LogP contribution is 2.27. The molecule has 0 unspecified atom stereocenters. The first-order chi connectivity index (χ1) is 9.86. The molecule has 3 aromatic rings. The summed E-state index contributed by atoms with van der Waals surface area (Å²) in [6, 6.07) is 16.9. The fourth-order valence-electron chi connectivity index (χ4n) is 1.87. The third-order valence-corrected chi connectivity index (χ3v) is 2.84. The third-order valence-electron chi connectivity index (χ3n) is 2.84. The number of hydrogen-bond donors (Lipinski definition) is 0. The quantitative estimate of drug-likeness (QED) is 0.380. The van der Waals surface area contributed by atoms with Crippen molar-refractivity contribution in [3.8, 4) is 22.8 Å². The first-order valence-electron chi connectivity index (χ1n) is 6.03. The highest BCUT2D eigenvalue weighted by atomic mass is 16.4. The number of aromatic nitrogens is 1. The molecule has 0 atom stereocenters. The van der Waals surface area contributed by atoms with Gasteiger partial charge in [0.25, 0.3) is 0 Å². The Balaban J connectivity index is 1.92. The summed E-state index contributed by atoms with van der Waals surface area (Å²) in [6.07, 6.45) is 1.70. The molecular formula is C15H10N4O. The van der Waals surface area contributed by atoms with Crippen LogP contribution in [0.3, 0.4) is 0 Å². The van der Waals surface area contributed by atoms with Gasteiger partial charge >= 0.3 is 0 Å². The van der Waals surface area contributed by atoms with Crippen molar-refractivity contribution >= 4 is 5.69 Å². The van der Waals surface area contributed by atoms with Crippen molar-refractivity contribution in [2.45, 2.75) is 0 Å². The largest absolute Gasteiger partial charge is 0.436 e. The zero-order valence-electron chi connectivity index (χ0n) is 10.5. The minimum atomic E-state index is 0.538. The average Bonchev–Trinajstić information content (AvgIpc) is 2.99. The molecular weight excluding hydrogens is 252 g/mol. The van der Waals surface area contributed by atoms with Crippen LogP contribution < -0.4 is 0 Å². The van der Waals surface area contributed by atoms with Gasteiger partial charge in [0.05, 0.1) is 6.20 Å². The second kappa shape index (κ2) is 5.30. The van der Waals surface area contributed by atoms with E-state index in [1.165, 1.54) is 0 Å². The lowest BCUT2D eigenvalue weighted by molar-refractivity contribution is 0.589. The first-order valence-corrected chi connectivity index (χ1v) is 6.03. The van der Waals surface area contributed by atoms with Crippen LogP contribution in [0.4, 0.5) is 5.69 Å². The van der Waals surface area contributed by atoms with Gasteiger partial charge in [0.1, 0.15) is 0 Å². The lowest BCUT2D eigenvalue weighted by Crippen LogP contribution is -1.75. The van der Waals surface area contributed by atoms with Gasteiger partial charge < -0.3 is 4.42 Å². The lowest BCUT2D eigenvalue weighted by atomic mass is 10.2. The van der Waals surface area contributed by atoms with E-state index in [1.54, 1.807) is 18.3 Å². The molecule has 0 aliphatic heterocycles. The molecule has 0 saturated carbocycles. The minimum Gasteiger partial charge on any atom is -0.436 e. The summed E-state index contributed by atoms with van der Waals surface area (Å²) in [5.41, 5.74) is 10.7. The number of oxazole rings is 1. The molecule has 0 amide bonds. The summed E-state index contributed by atoms with van der Waals surface area (Å²) in [7, 11) is 0. The fraction of sp³-hybridized carbons (Fsp3) is 0. The Kier molecular flexibility index (Phi) is 3.18. The van der Waals surface area contributed by atoms with Crippen molar-refractivity contribution in [1.29, 1.82) is 0 Å². The molecule has 0 bridgehead atoms. The van der Waals surface area contributed by atoms with Crippen molar-refractivity contribution in [3.05, 3.63) is 71.2 Å². The Morgan fingerprint density at radius 3 is 2.40 bits per heavy atom. The molecule has 1 heterocycles. The number of rotatable bonds is 3. The van der Waals surface area contributed by atoms with Crippen LogP contribution in [0.15, 0.2) is 70.3 Å². The maximum Gasteiger partial charge on any atom is 0.226 e. The maximum atomic E-state index is 8.36. The van der Waals surface area contributed by atoms with E-state index in [9.17, 15) is 0 Å². The number of hydrogen-bond acceptors (Lipinski definition) is 3. The molecule has 96 valence electrons. The summed E-state index contributed by atoms with van der Waals surface area (Å²) in [5, 5.41) is 3.52. The number of azide groups is 1. The van der Waals surface area contributed by atoms with Gasteiger partial charge in [-0.25, -0.2) is 4.98 Å². The van der Waals surface area contributed by atoms with Crippen molar-refractivity contribution < 1.29 is 4.42 Å². The van der Waals surface area contributed by atoms with E-state index in [-0.39, 0.29) is 0 Å². The normalized spacial score (nSPS) is 10.0. The van der Waals surface area contributed by atoms with Gasteiger partial charge in [0, 0.05) is 21.7 Å². The summed E-state index contributed by atoms with van der Waals surface area (Å²) < 4.78 is 5.74. The van der Waals surface area contributed by atoms with Crippen molar-refractivity contribution in [2.24, 2.45) is 5.11 Å². The van der Waals surface area contributed by atoms with Crippen molar-refractivity contribution in [1.82, 2.24) is 4.98 Å². The smallest absolute Gasteiger partial charge is 0.226 e. The second-order valence-corrected chi connectivity index (χ2v) is 4.13. The zero-order chi connectivity index (χ0) is 13.8. The van der Waals surface area contributed by atoms with E-state index in [4.69, 9.17) is 9.95 Å². The Labute approximate surface area is 115 Å². The van der Waals surface area contributed by atoms with E-state index >= 15 is 0 Å². The van der Waals surface area contributed by atoms with Gasteiger partial charge in [-0.2, -0.15) is 0 Å². The molecule has 1 aromatic heterocycles. The number of benzene rings is 2. The monoisotopic (exact) mass is 262 g/mol. The average molecular weight is 262 g/mol. The molecule has 0 saturated heterocycles. The van der Waals surface area contributed by atoms with E-state index in [0.29, 0.717) is 11.6 Å². The Morgan fingerprint density at radius 2 is 1.70 bits per heavy atom. The minimum absolute atomic E-state index is 0.538. The predicted molar refractivity (Wildman–Crippen MR) is 76.2 cm³/mol. The molecule has 20 heavy (non-hydrogen) atoms. The Morgan fingerprint density at radius 1 is 0.950 bits per heavy atom. The molecule has 0 aliphatic carbocycles. The summed E-state index contributed by atoms with van der Waals surface area (Å²) in [5.74, 6) is 1.26. The van der Waals surface area contributed by atoms with Crippen LogP contribution in [-0.2, 0) is 0 Å². The van der Waals surface area contributed by atoms with Gasteiger partial charge in [-0.1, -0.05) is 47.6 Å². The standard InChI is InChI=1S/C15H10N4O/c16-19-18-13-8-6-12(7-9-13)15-17-10-14(20-15)11-4-2-1-3-5-11/h1-10H. The first kappa shape index (κ1) is 12.0. The van der Waals surface area contributed by atoms with E-state index in [1.807, 2.05) is 42.5 Å². The molecule has 0 aliphatic rings. The molecule has 2 aromatic carbocycles. The van der Waals surface area contributed by atoms with Gasteiger partial charge in [-0.05, 0) is 17.7 Å². The van der Waals surface area contributed by atoms with Gasteiger partial charge in [0.15, 0.2) is 5.76 Å².